The molecule has 1 aliphatic rings. The third-order valence-electron chi connectivity index (χ3n) is 2.99. The third-order valence-corrected chi connectivity index (χ3v) is 3.30. The zero-order valence-electron chi connectivity index (χ0n) is 9.92. The van der Waals surface area contributed by atoms with Crippen LogP contribution >= 0.6 is 11.6 Å². The van der Waals surface area contributed by atoms with E-state index in [0.717, 1.165) is 31.7 Å². The first-order valence-corrected chi connectivity index (χ1v) is 6.14. The highest BCUT2D eigenvalue weighted by molar-refractivity contribution is 6.30. The number of nitrogens with one attached hydrogen (secondary N) is 1. The molecular formula is C12H17ClFN3. The van der Waals surface area contributed by atoms with Crippen LogP contribution in [0.2, 0.25) is 5.02 Å². The summed E-state index contributed by atoms with van der Waals surface area (Å²) in [5.74, 6) is -0.357. The van der Waals surface area contributed by atoms with E-state index in [4.69, 9.17) is 11.6 Å². The number of rotatable bonds is 3. The first kappa shape index (κ1) is 12.8. The van der Waals surface area contributed by atoms with Crippen LogP contribution in [0.5, 0.6) is 0 Å². The molecule has 0 aliphatic carbocycles. The van der Waals surface area contributed by atoms with Crippen molar-refractivity contribution in [1.29, 1.82) is 0 Å². The van der Waals surface area contributed by atoms with Crippen LogP contribution in [0.25, 0.3) is 0 Å². The van der Waals surface area contributed by atoms with E-state index in [1.807, 2.05) is 6.07 Å². The van der Waals surface area contributed by atoms with Crippen molar-refractivity contribution in [1.82, 2.24) is 15.3 Å². The van der Waals surface area contributed by atoms with Crippen LogP contribution in [0.3, 0.4) is 0 Å². The number of benzene rings is 1. The first-order chi connectivity index (χ1) is 8.15. The molecule has 3 nitrogen and oxygen atoms in total. The van der Waals surface area contributed by atoms with Crippen molar-refractivity contribution in [2.24, 2.45) is 0 Å². The van der Waals surface area contributed by atoms with Gasteiger partial charge in [0.15, 0.2) is 0 Å². The smallest absolute Gasteiger partial charge is 0.142 e. The Bertz CT molecular complexity index is 378. The predicted molar refractivity (Wildman–Crippen MR) is 67.3 cm³/mol. The van der Waals surface area contributed by atoms with E-state index in [0.29, 0.717) is 6.54 Å². The highest BCUT2D eigenvalue weighted by Crippen LogP contribution is 2.15. The molecule has 0 amide bonds. The summed E-state index contributed by atoms with van der Waals surface area (Å²) in [7, 11) is 2.12. The molecule has 1 N–H and O–H groups in total. The molecule has 1 heterocycles. The van der Waals surface area contributed by atoms with Crippen molar-refractivity contribution in [3.63, 3.8) is 0 Å². The Morgan fingerprint density at radius 1 is 1.29 bits per heavy atom. The number of halogens is 2. The molecule has 1 saturated heterocycles. The summed E-state index contributed by atoms with van der Waals surface area (Å²) >= 11 is 5.63. The van der Waals surface area contributed by atoms with Crippen molar-refractivity contribution in [2.45, 2.75) is 6.54 Å². The zero-order chi connectivity index (χ0) is 12.3. The van der Waals surface area contributed by atoms with Gasteiger partial charge in [-0.1, -0.05) is 17.7 Å². The molecule has 1 aliphatic heterocycles. The molecule has 94 valence electrons. The number of piperazine rings is 1. The van der Waals surface area contributed by atoms with Crippen molar-refractivity contribution in [2.75, 3.05) is 33.2 Å². The monoisotopic (exact) mass is 257 g/mol. The summed E-state index contributed by atoms with van der Waals surface area (Å²) in [6, 6.07) is 4.91. The minimum Gasteiger partial charge on any atom is -0.304 e. The molecule has 17 heavy (non-hydrogen) atoms. The molecule has 1 aromatic rings. The van der Waals surface area contributed by atoms with Gasteiger partial charge in [0.2, 0.25) is 0 Å². The van der Waals surface area contributed by atoms with Crippen LogP contribution in [0, 0.1) is 5.82 Å². The van der Waals surface area contributed by atoms with Gasteiger partial charge < -0.3 is 4.90 Å². The first-order valence-electron chi connectivity index (χ1n) is 5.76. The largest absolute Gasteiger partial charge is 0.304 e. The molecule has 2 rings (SSSR count). The molecular weight excluding hydrogens is 241 g/mol. The normalized spacial score (nSPS) is 18.5. The van der Waals surface area contributed by atoms with Gasteiger partial charge in [0.1, 0.15) is 5.82 Å². The fraction of sp³-hybridized carbons (Fsp3) is 0.500. The Labute approximate surface area is 106 Å². The van der Waals surface area contributed by atoms with Crippen LogP contribution < -0.4 is 5.43 Å². The van der Waals surface area contributed by atoms with E-state index >= 15 is 0 Å². The number of hydrazine groups is 1. The maximum atomic E-state index is 13.2. The van der Waals surface area contributed by atoms with E-state index in [-0.39, 0.29) is 10.8 Å². The molecule has 0 atom stereocenters. The van der Waals surface area contributed by atoms with Crippen molar-refractivity contribution in [3.8, 4) is 0 Å². The minimum atomic E-state index is -0.357. The average Bonchev–Trinajstić information content (AvgIpc) is 2.33. The molecule has 1 fully saturated rings. The molecule has 0 saturated carbocycles. The maximum absolute atomic E-state index is 13.2. The van der Waals surface area contributed by atoms with Crippen LogP contribution in [-0.4, -0.2) is 43.1 Å². The second kappa shape index (κ2) is 5.78. The molecule has 0 spiro atoms. The summed E-state index contributed by atoms with van der Waals surface area (Å²) in [6.07, 6.45) is 0. The Hall–Kier alpha value is -0.680. The van der Waals surface area contributed by atoms with Gasteiger partial charge in [0, 0.05) is 32.7 Å². The molecule has 5 heteroatoms. The average molecular weight is 258 g/mol. The molecule has 0 aromatic heterocycles. The molecule has 0 unspecified atom stereocenters. The lowest BCUT2D eigenvalue weighted by Crippen LogP contribution is -2.50. The van der Waals surface area contributed by atoms with Gasteiger partial charge >= 0.3 is 0 Å². The Balaban J connectivity index is 1.83. The molecule has 1 aromatic carbocycles. The number of hydrogen-bond donors (Lipinski definition) is 1. The number of likely N-dealkylation sites (N-methyl/N-ethyl adjacent to an activating group) is 1. The predicted octanol–water partition coefficient (Wildman–Crippen LogP) is 1.73. The lowest BCUT2D eigenvalue weighted by molar-refractivity contribution is 0.102. The van der Waals surface area contributed by atoms with Gasteiger partial charge in [-0.3, -0.25) is 5.43 Å². The van der Waals surface area contributed by atoms with E-state index in [2.05, 4.69) is 22.4 Å². The second-order valence-electron chi connectivity index (χ2n) is 4.37. The van der Waals surface area contributed by atoms with Gasteiger partial charge in [0.25, 0.3) is 0 Å². The van der Waals surface area contributed by atoms with E-state index in [1.165, 1.54) is 6.07 Å². The summed E-state index contributed by atoms with van der Waals surface area (Å²) < 4.78 is 13.2. The number of hydrogen-bond acceptors (Lipinski definition) is 3. The van der Waals surface area contributed by atoms with Crippen molar-refractivity contribution < 1.29 is 4.39 Å². The quantitative estimate of drug-likeness (QED) is 0.890. The lowest BCUT2D eigenvalue weighted by atomic mass is 10.2. The highest BCUT2D eigenvalue weighted by Gasteiger charge is 2.12. The summed E-state index contributed by atoms with van der Waals surface area (Å²) in [6.45, 7) is 4.74. The minimum absolute atomic E-state index is 0.174. The third kappa shape index (κ3) is 3.64. The van der Waals surface area contributed by atoms with E-state index in [1.54, 1.807) is 6.07 Å². The summed E-state index contributed by atoms with van der Waals surface area (Å²) in [5, 5.41) is 2.35. The molecule has 0 bridgehead atoms. The standard InChI is InChI=1S/C12H17ClFN3/c1-16-4-6-17(7-5-16)15-9-10-2-3-11(13)12(14)8-10/h2-3,8,15H,4-7,9H2,1H3. The fourth-order valence-electron chi connectivity index (χ4n) is 1.82. The Morgan fingerprint density at radius 3 is 2.65 bits per heavy atom. The number of nitrogens with zero attached hydrogens (tertiary/aromatic N) is 2. The summed E-state index contributed by atoms with van der Waals surface area (Å²) in [4.78, 5) is 2.29. The lowest BCUT2D eigenvalue weighted by Gasteiger charge is -2.32. The zero-order valence-corrected chi connectivity index (χ0v) is 10.7. The van der Waals surface area contributed by atoms with Crippen molar-refractivity contribution >= 4 is 11.6 Å². The summed E-state index contributed by atoms with van der Waals surface area (Å²) in [5.41, 5.74) is 4.21. The van der Waals surface area contributed by atoms with Gasteiger partial charge in [-0.2, -0.15) is 0 Å². The van der Waals surface area contributed by atoms with Crippen LogP contribution in [0.4, 0.5) is 4.39 Å². The fourth-order valence-corrected chi connectivity index (χ4v) is 1.93. The molecule has 0 radical (unpaired) electrons. The van der Waals surface area contributed by atoms with Crippen LogP contribution in [0.1, 0.15) is 5.56 Å². The Kier molecular flexibility index (Phi) is 4.34. The topological polar surface area (TPSA) is 18.5 Å². The maximum Gasteiger partial charge on any atom is 0.142 e. The SMILES string of the molecule is CN1CCN(NCc2ccc(Cl)c(F)c2)CC1. The van der Waals surface area contributed by atoms with Gasteiger partial charge in [-0.15, -0.1) is 0 Å². The Morgan fingerprint density at radius 2 is 2.00 bits per heavy atom. The van der Waals surface area contributed by atoms with Crippen molar-refractivity contribution in [3.05, 3.63) is 34.6 Å². The van der Waals surface area contributed by atoms with E-state index < -0.39 is 0 Å². The van der Waals surface area contributed by atoms with Crippen LogP contribution in [0.15, 0.2) is 18.2 Å². The van der Waals surface area contributed by atoms with Gasteiger partial charge in [-0.25, -0.2) is 9.40 Å². The highest BCUT2D eigenvalue weighted by atomic mass is 35.5. The van der Waals surface area contributed by atoms with Crippen LogP contribution in [-0.2, 0) is 6.54 Å². The van der Waals surface area contributed by atoms with Gasteiger partial charge in [0.05, 0.1) is 5.02 Å². The second-order valence-corrected chi connectivity index (χ2v) is 4.78. The van der Waals surface area contributed by atoms with E-state index in [9.17, 15) is 4.39 Å². The van der Waals surface area contributed by atoms with Gasteiger partial charge in [-0.05, 0) is 24.7 Å².